The highest BCUT2D eigenvalue weighted by atomic mass is 32.2. The molecule has 0 aliphatic carbocycles. The molecule has 0 N–H and O–H groups in total. The quantitative estimate of drug-likeness (QED) is 0.474. The van der Waals surface area contributed by atoms with Crippen molar-refractivity contribution in [1.29, 1.82) is 0 Å². The van der Waals surface area contributed by atoms with Gasteiger partial charge in [0.1, 0.15) is 5.75 Å². The Morgan fingerprint density at radius 2 is 1.77 bits per heavy atom. The van der Waals surface area contributed by atoms with Gasteiger partial charge in [-0.2, -0.15) is 0 Å². The molecule has 0 saturated carbocycles. The van der Waals surface area contributed by atoms with Gasteiger partial charge < -0.3 is 9.30 Å². The van der Waals surface area contributed by atoms with Crippen molar-refractivity contribution in [2.75, 3.05) is 20.4 Å². The van der Waals surface area contributed by atoms with Crippen molar-refractivity contribution in [3.05, 3.63) is 77.6 Å². The van der Waals surface area contributed by atoms with Crippen molar-refractivity contribution in [2.24, 2.45) is 0 Å². The number of imidazole rings is 1. The van der Waals surface area contributed by atoms with Crippen molar-refractivity contribution >= 4 is 9.84 Å². The maximum Gasteiger partial charge on any atom is 0.227 e. The molecule has 166 valence electrons. The molecule has 3 rings (SSSR count). The number of sulfone groups is 1. The molecule has 1 heterocycles. The standard InChI is InChI=1S/C24H31N3O3S/c1-19(22-14-8-9-15-23(22)30-3)26(2)18-21-17-25-24(31(4,28)29)27(21)16-10-13-20-11-6-5-7-12-20/h5-9,11-12,14-15,17,19H,10,13,16,18H2,1-4H3/t19-/m1/s1. The van der Waals surface area contributed by atoms with Crippen molar-refractivity contribution in [3.63, 3.8) is 0 Å². The normalized spacial score (nSPS) is 12.8. The van der Waals surface area contributed by atoms with Gasteiger partial charge in [0.25, 0.3) is 0 Å². The molecule has 0 amide bonds. The Labute approximate surface area is 185 Å². The average molecular weight is 442 g/mol. The van der Waals surface area contributed by atoms with Gasteiger partial charge in [-0.15, -0.1) is 0 Å². The first-order valence-electron chi connectivity index (χ1n) is 10.4. The fraction of sp³-hybridized carbons (Fsp3) is 0.375. The molecule has 3 aromatic rings. The number of rotatable bonds is 10. The molecule has 0 fully saturated rings. The summed E-state index contributed by atoms with van der Waals surface area (Å²) in [4.78, 5) is 6.43. The first kappa shape index (κ1) is 23.0. The summed E-state index contributed by atoms with van der Waals surface area (Å²) < 4.78 is 32.0. The van der Waals surface area contributed by atoms with Crippen LogP contribution >= 0.6 is 0 Å². The number of ether oxygens (including phenoxy) is 1. The number of hydrogen-bond acceptors (Lipinski definition) is 5. The summed E-state index contributed by atoms with van der Waals surface area (Å²) in [6.45, 7) is 3.29. The van der Waals surface area contributed by atoms with Crippen LogP contribution in [0.1, 0.15) is 36.2 Å². The number of aryl methyl sites for hydroxylation is 1. The number of nitrogens with zero attached hydrogens (tertiary/aromatic N) is 3. The van der Waals surface area contributed by atoms with Crippen LogP contribution < -0.4 is 4.74 Å². The number of methoxy groups -OCH3 is 1. The second-order valence-corrected chi connectivity index (χ2v) is 9.79. The third-order valence-corrected chi connectivity index (χ3v) is 6.57. The highest BCUT2D eigenvalue weighted by Gasteiger charge is 2.22. The van der Waals surface area contributed by atoms with Gasteiger partial charge in [-0.25, -0.2) is 13.4 Å². The maximum atomic E-state index is 12.3. The van der Waals surface area contributed by atoms with Gasteiger partial charge >= 0.3 is 0 Å². The molecule has 31 heavy (non-hydrogen) atoms. The molecule has 0 aliphatic heterocycles. The van der Waals surface area contributed by atoms with E-state index in [1.807, 2.05) is 48.0 Å². The Bertz CT molecular complexity index is 1090. The van der Waals surface area contributed by atoms with E-state index in [1.54, 1.807) is 13.3 Å². The third-order valence-electron chi connectivity index (χ3n) is 5.58. The van der Waals surface area contributed by atoms with E-state index in [9.17, 15) is 8.42 Å². The van der Waals surface area contributed by atoms with Crippen LogP contribution in [0.2, 0.25) is 0 Å². The van der Waals surface area contributed by atoms with E-state index < -0.39 is 9.84 Å². The lowest BCUT2D eigenvalue weighted by molar-refractivity contribution is 0.240. The Balaban J connectivity index is 1.79. The number of hydrogen-bond donors (Lipinski definition) is 0. The van der Waals surface area contributed by atoms with E-state index >= 15 is 0 Å². The van der Waals surface area contributed by atoms with Gasteiger partial charge in [0, 0.05) is 31.0 Å². The lowest BCUT2D eigenvalue weighted by Crippen LogP contribution is -2.24. The molecule has 0 bridgehead atoms. The zero-order chi connectivity index (χ0) is 22.4. The van der Waals surface area contributed by atoms with Crippen LogP contribution in [0, 0.1) is 0 Å². The largest absolute Gasteiger partial charge is 0.496 e. The van der Waals surface area contributed by atoms with E-state index in [1.165, 1.54) is 11.8 Å². The molecule has 0 aliphatic rings. The molecular weight excluding hydrogens is 410 g/mol. The zero-order valence-corrected chi connectivity index (χ0v) is 19.5. The second kappa shape index (κ2) is 10.1. The molecule has 1 aromatic heterocycles. The van der Waals surface area contributed by atoms with Crippen LogP contribution in [0.4, 0.5) is 0 Å². The van der Waals surface area contributed by atoms with Crippen molar-refractivity contribution in [1.82, 2.24) is 14.5 Å². The number of aromatic nitrogens is 2. The fourth-order valence-electron chi connectivity index (χ4n) is 3.78. The minimum absolute atomic E-state index is 0.0884. The SMILES string of the molecule is COc1ccccc1[C@@H](C)N(C)Cc1cnc(S(C)(=O)=O)n1CCCc1ccccc1. The van der Waals surface area contributed by atoms with E-state index in [2.05, 4.69) is 35.0 Å². The molecule has 0 saturated heterocycles. The summed E-state index contributed by atoms with van der Waals surface area (Å²) in [5, 5.41) is 0.133. The minimum Gasteiger partial charge on any atom is -0.496 e. The predicted molar refractivity (Wildman–Crippen MR) is 123 cm³/mol. The van der Waals surface area contributed by atoms with Gasteiger partial charge in [-0.05, 0) is 38.4 Å². The number of benzene rings is 2. The van der Waals surface area contributed by atoms with Crippen LogP contribution in [0.3, 0.4) is 0 Å². The van der Waals surface area contributed by atoms with E-state index in [0.717, 1.165) is 29.8 Å². The predicted octanol–water partition coefficient (Wildman–Crippen LogP) is 4.12. The summed E-state index contributed by atoms with van der Waals surface area (Å²) in [5.74, 6) is 0.843. The molecule has 0 spiro atoms. The first-order valence-corrected chi connectivity index (χ1v) is 12.3. The second-order valence-electron chi connectivity index (χ2n) is 7.88. The highest BCUT2D eigenvalue weighted by Crippen LogP contribution is 2.29. The van der Waals surface area contributed by atoms with Gasteiger partial charge in [0.15, 0.2) is 0 Å². The fourth-order valence-corrected chi connectivity index (χ4v) is 4.63. The van der Waals surface area contributed by atoms with Crippen molar-refractivity contribution in [3.8, 4) is 5.75 Å². The summed E-state index contributed by atoms with van der Waals surface area (Å²) in [5.41, 5.74) is 3.22. The van der Waals surface area contributed by atoms with Crippen LogP contribution in [0.5, 0.6) is 5.75 Å². The molecule has 0 radical (unpaired) electrons. The van der Waals surface area contributed by atoms with E-state index in [4.69, 9.17) is 4.74 Å². The van der Waals surface area contributed by atoms with Crippen molar-refractivity contribution in [2.45, 2.75) is 44.1 Å². The van der Waals surface area contributed by atoms with Crippen LogP contribution in [0.15, 0.2) is 66.0 Å². The molecule has 2 aromatic carbocycles. The Hall–Kier alpha value is -2.64. The highest BCUT2D eigenvalue weighted by molar-refractivity contribution is 7.90. The van der Waals surface area contributed by atoms with Gasteiger partial charge in [-0.3, -0.25) is 4.90 Å². The summed E-state index contributed by atoms with van der Waals surface area (Å²) in [6, 6.07) is 18.3. The molecule has 7 heteroatoms. The van der Waals surface area contributed by atoms with Gasteiger partial charge in [0.2, 0.25) is 15.0 Å². The van der Waals surface area contributed by atoms with Gasteiger partial charge in [0.05, 0.1) is 19.0 Å². The van der Waals surface area contributed by atoms with E-state index in [0.29, 0.717) is 13.1 Å². The van der Waals surface area contributed by atoms with Crippen LogP contribution in [0.25, 0.3) is 0 Å². The Morgan fingerprint density at radius 1 is 1.10 bits per heavy atom. The summed E-state index contributed by atoms with van der Waals surface area (Å²) >= 11 is 0. The van der Waals surface area contributed by atoms with Crippen LogP contribution in [-0.2, 0) is 29.3 Å². The molecule has 0 unspecified atom stereocenters. The maximum absolute atomic E-state index is 12.3. The van der Waals surface area contributed by atoms with Gasteiger partial charge in [-0.1, -0.05) is 48.5 Å². The summed E-state index contributed by atoms with van der Waals surface area (Å²) in [6.07, 6.45) is 4.62. The minimum atomic E-state index is -3.41. The Morgan fingerprint density at radius 3 is 2.45 bits per heavy atom. The first-order chi connectivity index (χ1) is 14.8. The lowest BCUT2D eigenvalue weighted by atomic mass is 10.1. The summed E-state index contributed by atoms with van der Waals surface area (Å²) in [7, 11) is 0.285. The zero-order valence-electron chi connectivity index (χ0n) is 18.7. The monoisotopic (exact) mass is 441 g/mol. The molecule has 1 atom stereocenters. The van der Waals surface area contributed by atoms with Crippen LogP contribution in [-0.4, -0.2) is 43.3 Å². The Kier molecular flexibility index (Phi) is 7.51. The lowest BCUT2D eigenvalue weighted by Gasteiger charge is -2.26. The smallest absolute Gasteiger partial charge is 0.227 e. The third kappa shape index (κ3) is 5.74. The van der Waals surface area contributed by atoms with Crippen molar-refractivity contribution < 1.29 is 13.2 Å². The van der Waals surface area contributed by atoms with E-state index in [-0.39, 0.29) is 11.2 Å². The number of para-hydroxylation sites is 1. The average Bonchev–Trinajstić information content (AvgIpc) is 3.16. The molecule has 6 nitrogen and oxygen atoms in total. The molecular formula is C24H31N3O3S. The topological polar surface area (TPSA) is 64.4 Å².